The van der Waals surface area contributed by atoms with E-state index in [9.17, 15) is 9.90 Å². The molecule has 0 radical (unpaired) electrons. The van der Waals surface area contributed by atoms with Gasteiger partial charge in [-0.1, -0.05) is 6.07 Å². The largest absolute Gasteiger partial charge is 0.504 e. The van der Waals surface area contributed by atoms with Crippen LogP contribution in [0.15, 0.2) is 18.2 Å². The molecule has 0 unspecified atom stereocenters. The van der Waals surface area contributed by atoms with E-state index in [1.807, 2.05) is 19.9 Å². The molecule has 1 rings (SSSR count). The fraction of sp³-hybridized carbons (Fsp3) is 0.500. The maximum Gasteiger partial charge on any atom is 0.226 e. The average Bonchev–Trinajstić information content (AvgIpc) is 2.37. The highest BCUT2D eigenvalue weighted by atomic mass is 16.5. The Morgan fingerprint density at radius 2 is 2.11 bits per heavy atom. The van der Waals surface area contributed by atoms with E-state index in [1.165, 1.54) is 7.11 Å². The molecule has 0 saturated heterocycles. The zero-order chi connectivity index (χ0) is 14.5. The molecule has 106 valence electrons. The van der Waals surface area contributed by atoms with Crippen LogP contribution in [0.5, 0.6) is 11.5 Å². The Hall–Kier alpha value is -1.75. The van der Waals surface area contributed by atoms with Crippen molar-refractivity contribution in [2.75, 3.05) is 20.7 Å². The van der Waals surface area contributed by atoms with Crippen molar-refractivity contribution in [2.24, 2.45) is 5.41 Å². The lowest BCUT2D eigenvalue weighted by Crippen LogP contribution is -2.41. The first-order chi connectivity index (χ1) is 8.90. The highest BCUT2D eigenvalue weighted by molar-refractivity contribution is 5.81. The van der Waals surface area contributed by atoms with Crippen LogP contribution in [0.4, 0.5) is 0 Å². The summed E-state index contributed by atoms with van der Waals surface area (Å²) in [5.74, 6) is 0.569. The Labute approximate surface area is 114 Å². The van der Waals surface area contributed by atoms with Crippen LogP contribution in [-0.2, 0) is 11.3 Å². The molecule has 0 aromatic heterocycles. The Morgan fingerprint density at radius 1 is 1.42 bits per heavy atom. The van der Waals surface area contributed by atoms with E-state index in [2.05, 4.69) is 10.6 Å². The predicted molar refractivity (Wildman–Crippen MR) is 74.2 cm³/mol. The van der Waals surface area contributed by atoms with Crippen molar-refractivity contribution in [1.82, 2.24) is 10.6 Å². The van der Waals surface area contributed by atoms with Gasteiger partial charge in [-0.05, 0) is 31.5 Å². The van der Waals surface area contributed by atoms with Gasteiger partial charge >= 0.3 is 0 Å². The van der Waals surface area contributed by atoms with Crippen molar-refractivity contribution in [1.29, 1.82) is 0 Å². The van der Waals surface area contributed by atoms with E-state index in [0.717, 1.165) is 5.56 Å². The van der Waals surface area contributed by atoms with Crippen LogP contribution in [-0.4, -0.2) is 31.7 Å². The number of methoxy groups -OCH3 is 1. The highest BCUT2D eigenvalue weighted by Gasteiger charge is 2.25. The number of nitrogens with one attached hydrogen (secondary N) is 2. The van der Waals surface area contributed by atoms with Crippen LogP contribution >= 0.6 is 0 Å². The van der Waals surface area contributed by atoms with E-state index in [1.54, 1.807) is 19.2 Å². The number of hydrogen-bond donors (Lipinski definition) is 3. The summed E-state index contributed by atoms with van der Waals surface area (Å²) in [5.41, 5.74) is 0.467. The summed E-state index contributed by atoms with van der Waals surface area (Å²) >= 11 is 0. The van der Waals surface area contributed by atoms with Crippen molar-refractivity contribution >= 4 is 5.91 Å². The van der Waals surface area contributed by atoms with Crippen molar-refractivity contribution in [2.45, 2.75) is 20.4 Å². The third-order valence-electron chi connectivity index (χ3n) is 2.98. The zero-order valence-electron chi connectivity index (χ0n) is 11.9. The number of rotatable bonds is 6. The molecular formula is C14H22N2O3. The summed E-state index contributed by atoms with van der Waals surface area (Å²) in [5, 5.41) is 15.5. The molecule has 0 aliphatic rings. The fourth-order valence-electron chi connectivity index (χ4n) is 1.78. The minimum atomic E-state index is -0.469. The van der Waals surface area contributed by atoms with E-state index in [0.29, 0.717) is 18.8 Å². The van der Waals surface area contributed by atoms with E-state index < -0.39 is 5.41 Å². The molecule has 3 N–H and O–H groups in total. The topological polar surface area (TPSA) is 70.6 Å². The van der Waals surface area contributed by atoms with Gasteiger partial charge < -0.3 is 20.5 Å². The number of aromatic hydroxyl groups is 1. The van der Waals surface area contributed by atoms with Crippen molar-refractivity contribution in [3.05, 3.63) is 23.8 Å². The van der Waals surface area contributed by atoms with E-state index in [-0.39, 0.29) is 11.7 Å². The summed E-state index contributed by atoms with van der Waals surface area (Å²) in [7, 11) is 3.14. The molecule has 1 amide bonds. The molecule has 1 aromatic carbocycles. The van der Waals surface area contributed by atoms with Gasteiger partial charge in [-0.25, -0.2) is 0 Å². The predicted octanol–water partition coefficient (Wildman–Crippen LogP) is 1.26. The lowest BCUT2D eigenvalue weighted by atomic mass is 9.92. The third kappa shape index (κ3) is 4.13. The molecule has 5 heteroatoms. The lowest BCUT2D eigenvalue weighted by molar-refractivity contribution is -0.128. The smallest absolute Gasteiger partial charge is 0.226 e. The first-order valence-corrected chi connectivity index (χ1v) is 6.19. The molecule has 0 fully saturated rings. The summed E-state index contributed by atoms with van der Waals surface area (Å²) in [6, 6.07) is 5.24. The standard InChI is InChI=1S/C14H22N2O3/c1-14(2,13(18)15-3)9-16-8-10-5-6-12(19-4)11(17)7-10/h5-7,16-17H,8-9H2,1-4H3,(H,15,18). The quantitative estimate of drug-likeness (QED) is 0.725. The summed E-state index contributed by atoms with van der Waals surface area (Å²) in [4.78, 5) is 11.6. The number of phenolic OH excluding ortho intramolecular Hbond substituents is 1. The third-order valence-corrected chi connectivity index (χ3v) is 2.98. The number of amides is 1. The fourth-order valence-corrected chi connectivity index (χ4v) is 1.78. The number of phenols is 1. The Kier molecular flexibility index (Phi) is 5.18. The Morgan fingerprint density at radius 3 is 2.63 bits per heavy atom. The minimum absolute atomic E-state index is 0.00224. The molecule has 0 heterocycles. The summed E-state index contributed by atoms with van der Waals surface area (Å²) < 4.78 is 4.98. The molecule has 19 heavy (non-hydrogen) atoms. The van der Waals surface area contributed by atoms with Gasteiger partial charge in [-0.3, -0.25) is 4.79 Å². The molecule has 0 aliphatic heterocycles. The molecule has 0 spiro atoms. The van der Waals surface area contributed by atoms with Crippen molar-refractivity contribution in [3.63, 3.8) is 0 Å². The van der Waals surface area contributed by atoms with Crippen LogP contribution in [0.2, 0.25) is 0 Å². The SMILES string of the molecule is CNC(=O)C(C)(C)CNCc1ccc(OC)c(O)c1. The highest BCUT2D eigenvalue weighted by Crippen LogP contribution is 2.26. The van der Waals surface area contributed by atoms with Gasteiger partial charge in [0.1, 0.15) is 0 Å². The number of benzene rings is 1. The number of hydrogen-bond acceptors (Lipinski definition) is 4. The van der Waals surface area contributed by atoms with Crippen LogP contribution < -0.4 is 15.4 Å². The second kappa shape index (κ2) is 6.43. The van der Waals surface area contributed by atoms with Crippen LogP contribution in [0.25, 0.3) is 0 Å². The molecular weight excluding hydrogens is 244 g/mol. The van der Waals surface area contributed by atoms with Gasteiger partial charge in [-0.2, -0.15) is 0 Å². The number of carbonyl (C=O) groups is 1. The summed E-state index contributed by atoms with van der Waals surface area (Å²) in [6.07, 6.45) is 0. The van der Waals surface area contributed by atoms with Gasteiger partial charge in [0.25, 0.3) is 0 Å². The first kappa shape index (κ1) is 15.3. The molecule has 0 bridgehead atoms. The maximum atomic E-state index is 11.6. The molecule has 0 atom stereocenters. The van der Waals surface area contributed by atoms with E-state index >= 15 is 0 Å². The average molecular weight is 266 g/mol. The molecule has 0 saturated carbocycles. The number of ether oxygens (including phenoxy) is 1. The van der Waals surface area contributed by atoms with Crippen molar-refractivity contribution in [3.8, 4) is 11.5 Å². The van der Waals surface area contributed by atoms with E-state index in [4.69, 9.17) is 4.74 Å². The Bertz CT molecular complexity index is 444. The van der Waals surface area contributed by atoms with Crippen LogP contribution in [0.3, 0.4) is 0 Å². The molecule has 0 aliphatic carbocycles. The first-order valence-electron chi connectivity index (χ1n) is 6.19. The van der Waals surface area contributed by atoms with Gasteiger partial charge in [0.2, 0.25) is 5.91 Å². The number of carbonyl (C=O) groups excluding carboxylic acids is 1. The Balaban J connectivity index is 2.54. The monoisotopic (exact) mass is 266 g/mol. The second-order valence-electron chi connectivity index (χ2n) is 5.07. The van der Waals surface area contributed by atoms with Crippen molar-refractivity contribution < 1.29 is 14.6 Å². The molecule has 1 aromatic rings. The van der Waals surface area contributed by atoms with Crippen LogP contribution in [0, 0.1) is 5.41 Å². The summed E-state index contributed by atoms with van der Waals surface area (Å²) in [6.45, 7) is 4.89. The zero-order valence-corrected chi connectivity index (χ0v) is 11.9. The lowest BCUT2D eigenvalue weighted by Gasteiger charge is -2.23. The molecule has 5 nitrogen and oxygen atoms in total. The maximum absolute atomic E-state index is 11.6. The van der Waals surface area contributed by atoms with Gasteiger partial charge in [0.15, 0.2) is 11.5 Å². The van der Waals surface area contributed by atoms with Gasteiger partial charge in [0.05, 0.1) is 12.5 Å². The second-order valence-corrected chi connectivity index (χ2v) is 5.07. The van der Waals surface area contributed by atoms with Crippen LogP contribution in [0.1, 0.15) is 19.4 Å². The van der Waals surface area contributed by atoms with Gasteiger partial charge in [-0.15, -0.1) is 0 Å². The van der Waals surface area contributed by atoms with Gasteiger partial charge in [0, 0.05) is 20.1 Å². The minimum Gasteiger partial charge on any atom is -0.504 e. The normalized spacial score (nSPS) is 11.2.